The molecule has 1 aromatic rings. The highest BCUT2D eigenvalue weighted by molar-refractivity contribution is 6.00. The van der Waals surface area contributed by atoms with Crippen LogP contribution in [-0.2, 0) is 24.6 Å². The normalized spacial score (nSPS) is 20.1. The second-order valence-corrected chi connectivity index (χ2v) is 9.56. The molecule has 1 amide bonds. The molecule has 3 N–H and O–H groups in total. The summed E-state index contributed by atoms with van der Waals surface area (Å²) in [6, 6.07) is 6.12. The number of nitrogens with zero attached hydrogens (tertiary/aromatic N) is 1. The fourth-order valence-corrected chi connectivity index (χ4v) is 4.52. The van der Waals surface area contributed by atoms with Crippen LogP contribution in [0.1, 0.15) is 58.4 Å². The monoisotopic (exact) mass is 488 g/mol. The number of ether oxygens (including phenoxy) is 1. The lowest BCUT2D eigenvalue weighted by molar-refractivity contribution is -0.143. The number of carbonyl (C=O) groups excluding carboxylic acids is 2. The Morgan fingerprint density at radius 3 is 2.51 bits per heavy atom. The van der Waals surface area contributed by atoms with Gasteiger partial charge < -0.3 is 25.2 Å². The summed E-state index contributed by atoms with van der Waals surface area (Å²) in [4.78, 5) is 49.9. The predicted molar refractivity (Wildman–Crippen MR) is 130 cm³/mol. The van der Waals surface area contributed by atoms with Gasteiger partial charge in [-0.15, -0.1) is 0 Å². The summed E-state index contributed by atoms with van der Waals surface area (Å²) in [5, 5.41) is 20.9. The number of likely N-dealkylation sites (N-methyl/N-ethyl adjacent to an activating group) is 1. The van der Waals surface area contributed by atoms with E-state index in [0.717, 1.165) is 50.4 Å². The van der Waals surface area contributed by atoms with Crippen LogP contribution in [0.15, 0.2) is 35.9 Å². The molecule has 2 atom stereocenters. The van der Waals surface area contributed by atoms with Gasteiger partial charge in [-0.25, -0.2) is 14.4 Å². The first-order valence-electron chi connectivity index (χ1n) is 11.9. The van der Waals surface area contributed by atoms with E-state index in [1.54, 1.807) is 19.9 Å². The highest BCUT2D eigenvalue weighted by atomic mass is 16.5. The highest BCUT2D eigenvalue weighted by Gasteiger charge is 2.33. The van der Waals surface area contributed by atoms with Crippen LogP contribution in [0.25, 0.3) is 0 Å². The molecule has 0 aromatic heterocycles. The van der Waals surface area contributed by atoms with E-state index in [4.69, 9.17) is 4.74 Å². The molecule has 0 radical (unpaired) electrons. The van der Waals surface area contributed by atoms with Crippen molar-refractivity contribution in [3.8, 4) is 5.75 Å². The van der Waals surface area contributed by atoms with Crippen LogP contribution in [-0.4, -0.2) is 65.1 Å². The van der Waals surface area contributed by atoms with Crippen LogP contribution in [0, 0.1) is 5.92 Å². The van der Waals surface area contributed by atoms with Crippen molar-refractivity contribution >= 4 is 23.8 Å². The number of aliphatic carboxylic acids is 2. The van der Waals surface area contributed by atoms with Crippen LogP contribution < -0.4 is 10.1 Å². The molecule has 1 heterocycles. The summed E-state index contributed by atoms with van der Waals surface area (Å²) in [6.07, 6.45) is 4.29. The number of esters is 1. The molecule has 0 saturated carbocycles. The van der Waals surface area contributed by atoms with Gasteiger partial charge in [-0.2, -0.15) is 0 Å². The lowest BCUT2D eigenvalue weighted by Crippen LogP contribution is -2.44. The smallest absolute Gasteiger partial charge is 0.336 e. The van der Waals surface area contributed by atoms with E-state index in [9.17, 15) is 29.4 Å². The number of benzene rings is 1. The van der Waals surface area contributed by atoms with Crippen LogP contribution in [0.5, 0.6) is 5.75 Å². The molecule has 9 heteroatoms. The molecule has 0 bridgehead atoms. The largest absolute Gasteiger partial charge is 0.480 e. The molecule has 1 aromatic carbocycles. The van der Waals surface area contributed by atoms with E-state index in [0.29, 0.717) is 5.75 Å². The van der Waals surface area contributed by atoms with E-state index in [-0.39, 0.29) is 5.41 Å². The maximum atomic E-state index is 12.5. The minimum Gasteiger partial charge on any atom is -0.480 e. The van der Waals surface area contributed by atoms with E-state index in [1.807, 2.05) is 18.2 Å². The summed E-state index contributed by atoms with van der Waals surface area (Å²) >= 11 is 0. The van der Waals surface area contributed by atoms with Crippen molar-refractivity contribution in [1.29, 1.82) is 0 Å². The fourth-order valence-electron chi connectivity index (χ4n) is 4.52. The quantitative estimate of drug-likeness (QED) is 0.260. The van der Waals surface area contributed by atoms with Gasteiger partial charge in [-0.3, -0.25) is 4.79 Å². The molecule has 35 heavy (non-hydrogen) atoms. The van der Waals surface area contributed by atoms with E-state index in [1.165, 1.54) is 0 Å². The lowest BCUT2D eigenvalue weighted by atomic mass is 9.74. The molecular formula is C26H36N2O7. The maximum Gasteiger partial charge on any atom is 0.336 e. The molecule has 1 aliphatic rings. The Hall–Kier alpha value is -3.20. The molecule has 192 valence electrons. The second-order valence-electron chi connectivity index (χ2n) is 9.56. The zero-order valence-electron chi connectivity index (χ0n) is 20.9. The summed E-state index contributed by atoms with van der Waals surface area (Å²) < 4.78 is 5.40. The van der Waals surface area contributed by atoms with Gasteiger partial charge >= 0.3 is 17.9 Å². The van der Waals surface area contributed by atoms with Gasteiger partial charge in [0.05, 0.1) is 12.0 Å². The zero-order valence-corrected chi connectivity index (χ0v) is 20.9. The number of carboxylic acids is 2. The van der Waals surface area contributed by atoms with E-state index >= 15 is 0 Å². The minimum absolute atomic E-state index is 0.0646. The summed E-state index contributed by atoms with van der Waals surface area (Å²) in [5.74, 6) is -4.52. The number of hydrogen-bond acceptors (Lipinski definition) is 6. The van der Waals surface area contributed by atoms with Gasteiger partial charge in [0.1, 0.15) is 11.8 Å². The van der Waals surface area contributed by atoms with Crippen molar-refractivity contribution in [2.45, 2.75) is 64.3 Å². The molecule has 2 rings (SSSR count). The molecule has 9 nitrogen and oxygen atoms in total. The number of carbonyl (C=O) groups is 4. The Labute approximate surface area is 206 Å². The standard InChI is InChI=1S/C26H36N2O7/c1-5-26(11-6-7-12-28(4)16-26)19-9-8-10-20(15-19)35-22(30)14-18(24(31)32)13-21(29)27-23(17(2)3)25(33)34/h8-10,14-15,17,23H,5-7,11-13,16H2,1-4H3,(H,27,29)(H,31,32)(H,33,34). The van der Waals surface area contributed by atoms with E-state index in [2.05, 4.69) is 24.2 Å². The van der Waals surface area contributed by atoms with Crippen LogP contribution in [0.4, 0.5) is 0 Å². The molecule has 2 unspecified atom stereocenters. The predicted octanol–water partition coefficient (Wildman–Crippen LogP) is 2.98. The van der Waals surface area contributed by atoms with Gasteiger partial charge in [0, 0.05) is 18.0 Å². The third-order valence-electron chi connectivity index (χ3n) is 6.53. The summed E-state index contributed by atoms with van der Waals surface area (Å²) in [6.45, 7) is 7.32. The average Bonchev–Trinajstić information content (AvgIpc) is 2.98. The number of amides is 1. The zero-order chi connectivity index (χ0) is 26.2. The Morgan fingerprint density at radius 1 is 1.20 bits per heavy atom. The van der Waals surface area contributed by atoms with Gasteiger partial charge in [-0.1, -0.05) is 39.3 Å². The Bertz CT molecular complexity index is 972. The molecule has 0 spiro atoms. The van der Waals surface area contributed by atoms with Gasteiger partial charge in [0.2, 0.25) is 5.91 Å². The van der Waals surface area contributed by atoms with Gasteiger partial charge in [0.15, 0.2) is 0 Å². The summed E-state index contributed by atoms with van der Waals surface area (Å²) in [7, 11) is 2.10. The molecule has 0 aliphatic carbocycles. The maximum absolute atomic E-state index is 12.5. The van der Waals surface area contributed by atoms with Crippen molar-refractivity contribution in [2.75, 3.05) is 20.1 Å². The number of likely N-dealkylation sites (tertiary alicyclic amines) is 1. The number of nitrogens with one attached hydrogen (secondary N) is 1. The molecule has 1 aliphatic heterocycles. The number of carboxylic acid groups (broad SMARTS) is 2. The topological polar surface area (TPSA) is 133 Å². The molecular weight excluding hydrogens is 452 g/mol. The van der Waals surface area contributed by atoms with Crippen molar-refractivity contribution in [2.24, 2.45) is 5.92 Å². The van der Waals surface area contributed by atoms with Crippen LogP contribution in [0.2, 0.25) is 0 Å². The first kappa shape index (κ1) is 28.0. The number of rotatable bonds is 10. The third kappa shape index (κ3) is 7.92. The molecule has 1 saturated heterocycles. The fraction of sp³-hybridized carbons (Fsp3) is 0.538. The highest BCUT2D eigenvalue weighted by Crippen LogP contribution is 2.37. The number of hydrogen-bond donors (Lipinski definition) is 3. The van der Waals surface area contributed by atoms with Crippen molar-refractivity contribution in [3.05, 3.63) is 41.5 Å². The second kappa shape index (κ2) is 12.5. The van der Waals surface area contributed by atoms with Crippen molar-refractivity contribution < 1.29 is 34.1 Å². The Balaban J connectivity index is 2.17. The van der Waals surface area contributed by atoms with E-state index < -0.39 is 47.8 Å². The lowest BCUT2D eigenvalue weighted by Gasteiger charge is -2.35. The van der Waals surface area contributed by atoms with Gasteiger partial charge in [0.25, 0.3) is 0 Å². The van der Waals surface area contributed by atoms with Gasteiger partial charge in [-0.05, 0) is 56.5 Å². The molecule has 1 fully saturated rings. The SMILES string of the molecule is CCC1(c2cccc(OC(=O)C=C(CC(=O)NC(C(=O)O)C(C)C)C(=O)O)c2)CCCCN(C)C1. The van der Waals surface area contributed by atoms with Crippen molar-refractivity contribution in [3.63, 3.8) is 0 Å². The third-order valence-corrected chi connectivity index (χ3v) is 6.53. The first-order chi connectivity index (χ1) is 16.5. The van der Waals surface area contributed by atoms with Crippen molar-refractivity contribution in [1.82, 2.24) is 10.2 Å². The summed E-state index contributed by atoms with van der Waals surface area (Å²) in [5.41, 5.74) is 0.506. The van der Waals surface area contributed by atoms with Crippen LogP contribution in [0.3, 0.4) is 0 Å². The minimum atomic E-state index is -1.46. The Kier molecular flexibility index (Phi) is 10.0. The average molecular weight is 489 g/mol. The van der Waals surface area contributed by atoms with Crippen LogP contribution >= 0.6 is 0 Å². The first-order valence-corrected chi connectivity index (χ1v) is 11.9. The Morgan fingerprint density at radius 2 is 1.91 bits per heavy atom.